The molecule has 0 radical (unpaired) electrons. The third kappa shape index (κ3) is 3.15. The lowest BCUT2D eigenvalue weighted by molar-refractivity contribution is -0.238. The Balaban J connectivity index is 2.36. The van der Waals surface area contributed by atoms with Crippen molar-refractivity contribution in [3.63, 3.8) is 0 Å². The summed E-state index contributed by atoms with van der Waals surface area (Å²) in [6.45, 7) is 0.935. The lowest BCUT2D eigenvalue weighted by Gasteiger charge is -2.13. The van der Waals surface area contributed by atoms with Crippen LogP contribution < -0.4 is 0 Å². The van der Waals surface area contributed by atoms with Crippen LogP contribution in [-0.2, 0) is 28.5 Å². The molecule has 3 unspecified atom stereocenters. The Hall–Kier alpha value is -1.18. The predicted octanol–water partition coefficient (Wildman–Crippen LogP) is -0.870. The van der Waals surface area contributed by atoms with Crippen molar-refractivity contribution in [3.8, 4) is 0 Å². The number of hydrogen-bond donors (Lipinski definition) is 1. The van der Waals surface area contributed by atoms with Crippen molar-refractivity contribution in [1.29, 1.82) is 0 Å². The Labute approximate surface area is 85.9 Å². The number of rotatable bonds is 4. The molecule has 1 heterocycles. The highest BCUT2D eigenvalue weighted by Crippen LogP contribution is 2.14. The van der Waals surface area contributed by atoms with Crippen LogP contribution in [0.15, 0.2) is 0 Å². The minimum absolute atomic E-state index is 0.594. The molecule has 1 aliphatic heterocycles. The van der Waals surface area contributed by atoms with Gasteiger partial charge < -0.3 is 19.3 Å². The van der Waals surface area contributed by atoms with Gasteiger partial charge in [0.25, 0.3) is 0 Å². The van der Waals surface area contributed by atoms with E-state index in [4.69, 9.17) is 9.84 Å². The van der Waals surface area contributed by atoms with E-state index in [-0.39, 0.29) is 0 Å². The molecule has 0 bridgehead atoms. The number of aliphatic hydroxyl groups excluding tert-OH is 1. The SMILES string of the molecule is CC(OCO)C(=O)OC1OC(=O)C(C)O1. The molecule has 15 heavy (non-hydrogen) atoms. The zero-order chi connectivity index (χ0) is 11.4. The van der Waals surface area contributed by atoms with E-state index in [0.717, 1.165) is 0 Å². The van der Waals surface area contributed by atoms with E-state index < -0.39 is 37.4 Å². The van der Waals surface area contributed by atoms with Gasteiger partial charge in [0.15, 0.2) is 12.2 Å². The van der Waals surface area contributed by atoms with Gasteiger partial charge in [-0.15, -0.1) is 0 Å². The van der Waals surface area contributed by atoms with Crippen molar-refractivity contribution in [3.05, 3.63) is 0 Å². The van der Waals surface area contributed by atoms with Gasteiger partial charge in [0.1, 0.15) is 6.79 Å². The van der Waals surface area contributed by atoms with Gasteiger partial charge in [-0.2, -0.15) is 0 Å². The van der Waals surface area contributed by atoms with Crippen molar-refractivity contribution < 1.29 is 33.6 Å². The fourth-order valence-electron chi connectivity index (χ4n) is 0.863. The van der Waals surface area contributed by atoms with Gasteiger partial charge in [0.2, 0.25) is 0 Å². The number of carbonyl (C=O) groups is 2. The fraction of sp³-hybridized carbons (Fsp3) is 0.750. The second-order valence-corrected chi connectivity index (χ2v) is 2.88. The minimum Gasteiger partial charge on any atom is -0.398 e. The van der Waals surface area contributed by atoms with Crippen LogP contribution in [0, 0.1) is 0 Å². The fourth-order valence-corrected chi connectivity index (χ4v) is 0.863. The third-order valence-corrected chi connectivity index (χ3v) is 1.73. The maximum atomic E-state index is 11.2. The summed E-state index contributed by atoms with van der Waals surface area (Å²) in [4.78, 5) is 22.0. The molecule has 0 aromatic rings. The number of hydrogen-bond acceptors (Lipinski definition) is 7. The average Bonchev–Trinajstić information content (AvgIpc) is 2.46. The van der Waals surface area contributed by atoms with Gasteiger partial charge in [0.05, 0.1) is 0 Å². The second kappa shape index (κ2) is 5.06. The standard InChI is InChI=1S/C8H12O7/c1-4(12-3-9)6(10)14-8-13-5(2)7(11)15-8/h4-5,8-9H,3H2,1-2H3. The van der Waals surface area contributed by atoms with E-state index in [0.29, 0.717) is 0 Å². The Kier molecular flexibility index (Phi) is 4.01. The zero-order valence-corrected chi connectivity index (χ0v) is 8.34. The van der Waals surface area contributed by atoms with Crippen molar-refractivity contribution >= 4 is 11.9 Å². The molecule has 1 rings (SSSR count). The van der Waals surface area contributed by atoms with E-state index in [2.05, 4.69) is 14.2 Å². The van der Waals surface area contributed by atoms with Crippen LogP contribution in [0.25, 0.3) is 0 Å². The van der Waals surface area contributed by atoms with Crippen LogP contribution in [0.3, 0.4) is 0 Å². The molecule has 0 aromatic carbocycles. The first-order valence-electron chi connectivity index (χ1n) is 4.33. The van der Waals surface area contributed by atoms with Crippen LogP contribution in [0.1, 0.15) is 13.8 Å². The normalized spacial score (nSPS) is 27.3. The topological polar surface area (TPSA) is 91.3 Å². The van der Waals surface area contributed by atoms with Crippen molar-refractivity contribution in [2.45, 2.75) is 32.5 Å². The molecule has 1 N–H and O–H groups in total. The molecule has 1 saturated heterocycles. The van der Waals surface area contributed by atoms with Gasteiger partial charge in [-0.1, -0.05) is 0 Å². The van der Waals surface area contributed by atoms with E-state index in [1.54, 1.807) is 0 Å². The van der Waals surface area contributed by atoms with Crippen LogP contribution in [0.2, 0.25) is 0 Å². The van der Waals surface area contributed by atoms with E-state index in [1.165, 1.54) is 13.8 Å². The van der Waals surface area contributed by atoms with Crippen molar-refractivity contribution in [1.82, 2.24) is 0 Å². The van der Waals surface area contributed by atoms with Gasteiger partial charge in [-0.3, -0.25) is 4.74 Å². The van der Waals surface area contributed by atoms with E-state index in [9.17, 15) is 9.59 Å². The predicted molar refractivity (Wildman–Crippen MR) is 44.2 cm³/mol. The number of carbonyl (C=O) groups excluding carboxylic acids is 2. The summed E-state index contributed by atoms with van der Waals surface area (Å²) in [7, 11) is 0. The van der Waals surface area contributed by atoms with Crippen molar-refractivity contribution in [2.24, 2.45) is 0 Å². The van der Waals surface area contributed by atoms with Crippen LogP contribution in [0.5, 0.6) is 0 Å². The summed E-state index contributed by atoms with van der Waals surface area (Å²) in [5.41, 5.74) is 0. The smallest absolute Gasteiger partial charge is 0.365 e. The first kappa shape index (κ1) is 11.9. The van der Waals surface area contributed by atoms with Gasteiger partial charge in [-0.25, -0.2) is 9.59 Å². The van der Waals surface area contributed by atoms with Crippen molar-refractivity contribution in [2.75, 3.05) is 6.79 Å². The van der Waals surface area contributed by atoms with Gasteiger partial charge >= 0.3 is 18.4 Å². The molecule has 86 valence electrons. The van der Waals surface area contributed by atoms with E-state index >= 15 is 0 Å². The second-order valence-electron chi connectivity index (χ2n) is 2.88. The molecule has 7 nitrogen and oxygen atoms in total. The summed E-state index contributed by atoms with van der Waals surface area (Å²) >= 11 is 0. The van der Waals surface area contributed by atoms with E-state index in [1.807, 2.05) is 0 Å². The summed E-state index contributed by atoms with van der Waals surface area (Å²) in [6.07, 6.45) is -1.70. The molecule has 7 heteroatoms. The molecule has 1 fully saturated rings. The lowest BCUT2D eigenvalue weighted by Crippen LogP contribution is -2.29. The number of ether oxygens (including phenoxy) is 4. The summed E-state index contributed by atoms with van der Waals surface area (Å²) in [5.74, 6) is -1.38. The number of esters is 2. The molecule has 1 aliphatic rings. The summed E-state index contributed by atoms with van der Waals surface area (Å²) in [5, 5.41) is 8.38. The molecule has 0 saturated carbocycles. The molecule has 0 spiro atoms. The first-order valence-corrected chi connectivity index (χ1v) is 4.33. The maximum Gasteiger partial charge on any atom is 0.365 e. The largest absolute Gasteiger partial charge is 0.398 e. The molecular formula is C8H12O7. The minimum atomic E-state index is -1.33. The molecular weight excluding hydrogens is 208 g/mol. The van der Waals surface area contributed by atoms with Gasteiger partial charge in [0, 0.05) is 0 Å². The zero-order valence-electron chi connectivity index (χ0n) is 8.34. The number of cyclic esters (lactones) is 1. The van der Waals surface area contributed by atoms with Crippen LogP contribution in [-0.4, -0.2) is 42.5 Å². The summed E-state index contributed by atoms with van der Waals surface area (Å²) in [6, 6.07) is 0. The average molecular weight is 220 g/mol. The highest BCUT2D eigenvalue weighted by atomic mass is 16.9. The highest BCUT2D eigenvalue weighted by molar-refractivity contribution is 5.77. The molecule has 0 aromatic heterocycles. The first-order chi connectivity index (χ1) is 7.04. The molecule has 0 amide bonds. The third-order valence-electron chi connectivity index (χ3n) is 1.73. The lowest BCUT2D eigenvalue weighted by atomic mass is 10.4. The molecule has 0 aliphatic carbocycles. The molecule has 3 atom stereocenters. The number of aliphatic hydroxyl groups is 1. The van der Waals surface area contributed by atoms with Crippen LogP contribution in [0.4, 0.5) is 0 Å². The van der Waals surface area contributed by atoms with Crippen LogP contribution >= 0.6 is 0 Å². The summed E-state index contributed by atoms with van der Waals surface area (Å²) < 4.78 is 18.6. The monoisotopic (exact) mass is 220 g/mol. The highest BCUT2D eigenvalue weighted by Gasteiger charge is 2.35. The van der Waals surface area contributed by atoms with Gasteiger partial charge in [-0.05, 0) is 13.8 Å². The Morgan fingerprint density at radius 2 is 2.33 bits per heavy atom. The maximum absolute atomic E-state index is 11.2. The Bertz CT molecular complexity index is 251. The Morgan fingerprint density at radius 3 is 2.80 bits per heavy atom. The Morgan fingerprint density at radius 1 is 1.67 bits per heavy atom. The quantitative estimate of drug-likeness (QED) is 0.486.